The molecular weight excluding hydrogens is 516 g/mol. The second kappa shape index (κ2) is 11.6. The van der Waals surface area contributed by atoms with E-state index in [0.717, 1.165) is 11.4 Å². The summed E-state index contributed by atoms with van der Waals surface area (Å²) in [6, 6.07) is 5.11. The van der Waals surface area contributed by atoms with Crippen LogP contribution >= 0.6 is 12.2 Å². The number of hydrogen-bond acceptors (Lipinski definition) is 7. The van der Waals surface area contributed by atoms with Gasteiger partial charge in [-0.15, -0.1) is 0 Å². The maximum Gasteiger partial charge on any atom is 0.294 e. The Balaban J connectivity index is 1.83. The molecule has 3 rings (SSSR count). The third-order valence-electron chi connectivity index (χ3n) is 5.52. The summed E-state index contributed by atoms with van der Waals surface area (Å²) in [6.07, 6.45) is 9.33. The Morgan fingerprint density at radius 3 is 2.22 bits per heavy atom. The van der Waals surface area contributed by atoms with Crippen LogP contribution in [0.3, 0.4) is 0 Å². The van der Waals surface area contributed by atoms with Crippen molar-refractivity contribution in [3.8, 4) is 5.88 Å². The van der Waals surface area contributed by atoms with E-state index in [1.165, 1.54) is 34.9 Å². The summed E-state index contributed by atoms with van der Waals surface area (Å²) in [6.45, 7) is 6.48. The maximum absolute atomic E-state index is 12.9. The van der Waals surface area contributed by atoms with Crippen LogP contribution in [0.2, 0.25) is 0 Å². The standard InChI is InChI=1S/C25H28N4O6S2/c1-4-15-27-22(30)21(23(31)28(16-5-2)25(27)36)10-8-6-7-9-20-17(3)26-29(24(20)32)18-11-13-19(14-12-18)37(33,34)35/h6-14,30H,4-5,15-16H2,1-3H3,(H,33,34,35). The second-order valence-electron chi connectivity index (χ2n) is 8.22. The maximum atomic E-state index is 12.9. The first-order valence-electron chi connectivity index (χ1n) is 11.6. The highest BCUT2D eigenvalue weighted by molar-refractivity contribution is 7.85. The molecular formula is C25H28N4O6S2. The van der Waals surface area contributed by atoms with Gasteiger partial charge in [-0.1, -0.05) is 32.1 Å². The van der Waals surface area contributed by atoms with Crippen LogP contribution in [0.1, 0.15) is 39.2 Å². The number of amides is 1. The van der Waals surface area contributed by atoms with Gasteiger partial charge in [0.05, 0.1) is 21.9 Å². The number of hydrazone groups is 1. The van der Waals surface area contributed by atoms with Gasteiger partial charge in [-0.05, 0) is 68.4 Å². The molecule has 0 fully saturated rings. The van der Waals surface area contributed by atoms with E-state index in [9.17, 15) is 23.1 Å². The first-order valence-corrected chi connectivity index (χ1v) is 13.4. The lowest BCUT2D eigenvalue weighted by Crippen LogP contribution is -2.27. The normalized spacial score (nSPS) is 15.5. The number of benzene rings is 1. The molecule has 1 aromatic carbocycles. The average molecular weight is 545 g/mol. The number of aromatic hydroxyl groups is 1. The lowest BCUT2D eigenvalue weighted by atomic mass is 10.1. The Morgan fingerprint density at radius 1 is 1.00 bits per heavy atom. The van der Waals surface area contributed by atoms with Gasteiger partial charge in [0.15, 0.2) is 4.77 Å². The minimum absolute atomic E-state index is 0.127. The third-order valence-corrected chi connectivity index (χ3v) is 6.83. The SMILES string of the molecule is CCCn1c(O)c(C=CC=CC=C2C(=O)N(c3ccc(S(=O)(=O)O)cc3)N=C2C)c(=O)n(CCC)c1=S. The molecule has 2 N–H and O–H groups in total. The first-order chi connectivity index (χ1) is 17.5. The van der Waals surface area contributed by atoms with E-state index in [1.807, 2.05) is 13.8 Å². The van der Waals surface area contributed by atoms with E-state index in [-0.39, 0.29) is 26.7 Å². The molecule has 2 heterocycles. The molecule has 0 aliphatic carbocycles. The van der Waals surface area contributed by atoms with Gasteiger partial charge < -0.3 is 5.11 Å². The molecule has 1 aromatic heterocycles. The van der Waals surface area contributed by atoms with Gasteiger partial charge >= 0.3 is 0 Å². The molecule has 2 aromatic rings. The predicted octanol–water partition coefficient (Wildman–Crippen LogP) is 4.07. The van der Waals surface area contributed by atoms with Crippen molar-refractivity contribution in [2.45, 2.75) is 51.6 Å². The number of nitrogens with zero attached hydrogens (tertiary/aromatic N) is 4. The molecule has 0 saturated carbocycles. The molecule has 37 heavy (non-hydrogen) atoms. The minimum atomic E-state index is -4.34. The molecule has 0 atom stereocenters. The Hall–Kier alpha value is -3.61. The lowest BCUT2D eigenvalue weighted by Gasteiger charge is -2.15. The zero-order valence-corrected chi connectivity index (χ0v) is 22.3. The van der Waals surface area contributed by atoms with Crippen molar-refractivity contribution in [3.05, 3.63) is 74.8 Å². The fourth-order valence-electron chi connectivity index (χ4n) is 3.71. The van der Waals surface area contributed by atoms with E-state index < -0.39 is 16.0 Å². The van der Waals surface area contributed by atoms with Crippen LogP contribution < -0.4 is 10.6 Å². The van der Waals surface area contributed by atoms with Crippen molar-refractivity contribution in [1.82, 2.24) is 9.13 Å². The number of carbonyl (C=O) groups excluding carboxylic acids is 1. The molecule has 0 spiro atoms. The third kappa shape index (κ3) is 6.04. The van der Waals surface area contributed by atoms with Crippen molar-refractivity contribution >= 4 is 45.7 Å². The number of hydrogen-bond donors (Lipinski definition) is 2. The van der Waals surface area contributed by atoms with Crippen LogP contribution in [0.5, 0.6) is 5.88 Å². The monoisotopic (exact) mass is 544 g/mol. The molecule has 0 unspecified atom stereocenters. The topological polar surface area (TPSA) is 134 Å². The zero-order valence-electron chi connectivity index (χ0n) is 20.7. The van der Waals surface area contributed by atoms with Crippen LogP contribution in [0.25, 0.3) is 6.08 Å². The number of carbonyl (C=O) groups is 1. The van der Waals surface area contributed by atoms with Crippen LogP contribution in [0.15, 0.2) is 68.9 Å². The Morgan fingerprint density at radius 2 is 1.62 bits per heavy atom. The van der Waals surface area contributed by atoms with E-state index in [2.05, 4.69) is 5.10 Å². The molecule has 1 amide bonds. The van der Waals surface area contributed by atoms with Crippen molar-refractivity contribution in [2.24, 2.45) is 5.10 Å². The first kappa shape index (κ1) is 28.0. The number of aromatic nitrogens is 2. The van der Waals surface area contributed by atoms with Crippen LogP contribution in [-0.2, 0) is 28.0 Å². The summed E-state index contributed by atoms with van der Waals surface area (Å²) >= 11 is 5.40. The lowest BCUT2D eigenvalue weighted by molar-refractivity contribution is -0.114. The molecule has 12 heteroatoms. The summed E-state index contributed by atoms with van der Waals surface area (Å²) in [5.41, 5.74) is 0.881. The van der Waals surface area contributed by atoms with Gasteiger partial charge in [0.25, 0.3) is 21.6 Å². The van der Waals surface area contributed by atoms with Gasteiger partial charge in [-0.3, -0.25) is 23.3 Å². The zero-order chi connectivity index (χ0) is 27.3. The number of allylic oxidation sites excluding steroid dienone is 4. The largest absolute Gasteiger partial charge is 0.494 e. The highest BCUT2D eigenvalue weighted by atomic mass is 32.2. The fourth-order valence-corrected chi connectivity index (χ4v) is 4.55. The average Bonchev–Trinajstić information content (AvgIpc) is 3.14. The smallest absolute Gasteiger partial charge is 0.294 e. The molecule has 0 radical (unpaired) electrons. The van der Waals surface area contributed by atoms with Crippen molar-refractivity contribution < 1.29 is 22.9 Å². The van der Waals surface area contributed by atoms with Crippen molar-refractivity contribution in [3.63, 3.8) is 0 Å². The van der Waals surface area contributed by atoms with Crippen molar-refractivity contribution in [2.75, 3.05) is 5.01 Å². The van der Waals surface area contributed by atoms with Crippen LogP contribution in [-0.4, -0.2) is 38.8 Å². The second-order valence-corrected chi connectivity index (χ2v) is 10.0. The Bertz CT molecular complexity index is 1550. The molecule has 1 aliphatic rings. The van der Waals surface area contributed by atoms with Gasteiger partial charge in [-0.25, -0.2) is 0 Å². The number of anilines is 1. The van der Waals surface area contributed by atoms with Crippen molar-refractivity contribution in [1.29, 1.82) is 0 Å². The Labute approximate surface area is 219 Å². The van der Waals surface area contributed by atoms with E-state index in [0.29, 0.717) is 36.5 Å². The quantitative estimate of drug-likeness (QED) is 0.210. The predicted molar refractivity (Wildman–Crippen MR) is 145 cm³/mol. The summed E-state index contributed by atoms with van der Waals surface area (Å²) in [4.78, 5) is 25.4. The Kier molecular flexibility index (Phi) is 8.79. The minimum Gasteiger partial charge on any atom is -0.494 e. The summed E-state index contributed by atoms with van der Waals surface area (Å²) in [7, 11) is -4.34. The van der Waals surface area contributed by atoms with Gasteiger partial charge in [0.2, 0.25) is 5.88 Å². The molecule has 1 aliphatic heterocycles. The highest BCUT2D eigenvalue weighted by Gasteiger charge is 2.28. The van der Waals surface area contributed by atoms with Gasteiger partial charge in [0, 0.05) is 13.1 Å². The summed E-state index contributed by atoms with van der Waals surface area (Å²) < 4.78 is 34.9. The van der Waals surface area contributed by atoms with Gasteiger partial charge in [-0.2, -0.15) is 18.5 Å². The fraction of sp³-hybridized carbons (Fsp3) is 0.280. The molecule has 0 saturated heterocycles. The molecule has 10 nitrogen and oxygen atoms in total. The van der Waals surface area contributed by atoms with Crippen LogP contribution in [0.4, 0.5) is 5.69 Å². The molecule has 196 valence electrons. The van der Waals surface area contributed by atoms with E-state index in [1.54, 1.807) is 35.8 Å². The number of rotatable bonds is 9. The van der Waals surface area contributed by atoms with Gasteiger partial charge in [0.1, 0.15) is 5.56 Å². The van der Waals surface area contributed by atoms with E-state index >= 15 is 0 Å². The highest BCUT2D eigenvalue weighted by Crippen LogP contribution is 2.25. The molecule has 0 bridgehead atoms. The summed E-state index contributed by atoms with van der Waals surface area (Å²) in [5.74, 6) is -0.593. The van der Waals surface area contributed by atoms with E-state index in [4.69, 9.17) is 16.8 Å². The van der Waals surface area contributed by atoms with Crippen LogP contribution in [0, 0.1) is 4.77 Å². The summed E-state index contributed by atoms with van der Waals surface area (Å²) in [5, 5.41) is 16.0.